The first kappa shape index (κ1) is 12.6. The summed E-state index contributed by atoms with van der Waals surface area (Å²) >= 11 is 0. The van der Waals surface area contributed by atoms with Gasteiger partial charge in [0.05, 0.1) is 6.54 Å². The number of likely N-dealkylation sites (N-methyl/N-ethyl adjacent to an activating group) is 1. The smallest absolute Gasteiger partial charge is 0.317 e. The quantitative estimate of drug-likeness (QED) is 0.897. The fourth-order valence-corrected chi connectivity index (χ4v) is 2.20. The van der Waals surface area contributed by atoms with Crippen LogP contribution < -0.4 is 0 Å². The van der Waals surface area contributed by atoms with E-state index in [9.17, 15) is 4.79 Å². The molecule has 0 bridgehead atoms. The van der Waals surface area contributed by atoms with Gasteiger partial charge < -0.3 is 5.11 Å². The molecule has 0 aliphatic heterocycles. The number of hydrogen-bond donors (Lipinski definition) is 1. The van der Waals surface area contributed by atoms with Gasteiger partial charge in [-0.2, -0.15) is 0 Å². The Morgan fingerprint density at radius 3 is 2.61 bits per heavy atom. The molecule has 0 fully saturated rings. The Morgan fingerprint density at radius 2 is 1.89 bits per heavy atom. The van der Waals surface area contributed by atoms with Gasteiger partial charge in [-0.1, -0.05) is 42.5 Å². The molecule has 2 rings (SSSR count). The summed E-state index contributed by atoms with van der Waals surface area (Å²) < 4.78 is 0. The molecule has 0 radical (unpaired) electrons. The number of nitrogens with zero attached hydrogens (tertiary/aromatic N) is 1. The molecule has 0 aliphatic carbocycles. The van der Waals surface area contributed by atoms with E-state index in [4.69, 9.17) is 5.11 Å². The molecule has 0 amide bonds. The van der Waals surface area contributed by atoms with Crippen LogP contribution in [-0.2, 0) is 4.79 Å². The van der Waals surface area contributed by atoms with Crippen molar-refractivity contribution in [2.45, 2.75) is 13.0 Å². The molecule has 0 saturated carbocycles. The van der Waals surface area contributed by atoms with Crippen molar-refractivity contribution in [3.05, 3.63) is 48.0 Å². The summed E-state index contributed by atoms with van der Waals surface area (Å²) in [6.07, 6.45) is 0. The predicted octanol–water partition coefficient (Wildman–Crippen LogP) is 2.92. The second-order valence-corrected chi connectivity index (χ2v) is 4.55. The second kappa shape index (κ2) is 5.19. The summed E-state index contributed by atoms with van der Waals surface area (Å²) in [5.74, 6) is -0.801. The van der Waals surface area contributed by atoms with E-state index in [-0.39, 0.29) is 12.6 Å². The maximum absolute atomic E-state index is 10.8. The highest BCUT2D eigenvalue weighted by molar-refractivity contribution is 5.86. The van der Waals surface area contributed by atoms with Gasteiger partial charge in [-0.15, -0.1) is 0 Å². The Bertz CT molecular complexity index is 560. The fraction of sp³-hybridized carbons (Fsp3) is 0.267. The maximum Gasteiger partial charge on any atom is 0.317 e. The van der Waals surface area contributed by atoms with Crippen molar-refractivity contribution in [2.24, 2.45) is 0 Å². The summed E-state index contributed by atoms with van der Waals surface area (Å²) in [6.45, 7) is 2.08. The van der Waals surface area contributed by atoms with Crippen molar-refractivity contribution in [1.82, 2.24) is 4.90 Å². The molecule has 0 aliphatic rings. The first-order chi connectivity index (χ1) is 8.59. The van der Waals surface area contributed by atoms with Crippen LogP contribution in [0.1, 0.15) is 18.5 Å². The molecule has 18 heavy (non-hydrogen) atoms. The lowest BCUT2D eigenvalue weighted by molar-refractivity contribution is -0.138. The van der Waals surface area contributed by atoms with Gasteiger partial charge in [-0.25, -0.2) is 0 Å². The fourth-order valence-electron chi connectivity index (χ4n) is 2.20. The van der Waals surface area contributed by atoms with E-state index >= 15 is 0 Å². The Morgan fingerprint density at radius 1 is 1.22 bits per heavy atom. The van der Waals surface area contributed by atoms with Crippen LogP contribution in [0.3, 0.4) is 0 Å². The molecule has 3 heteroatoms. The van der Waals surface area contributed by atoms with Crippen LogP contribution in [0.2, 0.25) is 0 Å². The number of carboxylic acid groups (broad SMARTS) is 1. The molecule has 2 aromatic rings. The van der Waals surface area contributed by atoms with E-state index in [1.54, 1.807) is 0 Å². The van der Waals surface area contributed by atoms with E-state index in [0.717, 1.165) is 5.56 Å². The topological polar surface area (TPSA) is 40.5 Å². The number of carbonyl (C=O) groups is 1. The van der Waals surface area contributed by atoms with Gasteiger partial charge >= 0.3 is 5.97 Å². The van der Waals surface area contributed by atoms with E-state index in [1.165, 1.54) is 10.8 Å². The SMILES string of the molecule is CC(c1cccc2ccccc12)N(C)CC(=O)O. The zero-order chi connectivity index (χ0) is 13.1. The zero-order valence-electron chi connectivity index (χ0n) is 10.6. The van der Waals surface area contributed by atoms with Crippen molar-refractivity contribution in [3.8, 4) is 0 Å². The Balaban J connectivity index is 2.38. The first-order valence-electron chi connectivity index (χ1n) is 5.99. The van der Waals surface area contributed by atoms with Crippen molar-refractivity contribution in [3.63, 3.8) is 0 Å². The minimum absolute atomic E-state index is 0.0460. The molecule has 0 heterocycles. The zero-order valence-corrected chi connectivity index (χ0v) is 10.6. The lowest BCUT2D eigenvalue weighted by atomic mass is 9.99. The van der Waals surface area contributed by atoms with Gasteiger partial charge in [0.15, 0.2) is 0 Å². The third kappa shape index (κ3) is 2.51. The summed E-state index contributed by atoms with van der Waals surface area (Å²) in [5.41, 5.74) is 1.16. The number of benzene rings is 2. The largest absolute Gasteiger partial charge is 0.480 e. The van der Waals surface area contributed by atoms with Crippen molar-refractivity contribution < 1.29 is 9.90 Å². The lowest BCUT2D eigenvalue weighted by Gasteiger charge is -2.24. The predicted molar refractivity (Wildman–Crippen MR) is 72.6 cm³/mol. The molecule has 0 spiro atoms. The number of carboxylic acids is 1. The van der Waals surface area contributed by atoms with Crippen LogP contribution in [0.5, 0.6) is 0 Å². The summed E-state index contributed by atoms with van der Waals surface area (Å²) in [7, 11) is 1.83. The van der Waals surface area contributed by atoms with Gasteiger partial charge in [0.2, 0.25) is 0 Å². The van der Waals surface area contributed by atoms with Crippen LogP contribution in [0, 0.1) is 0 Å². The van der Waals surface area contributed by atoms with Crippen LogP contribution in [0.15, 0.2) is 42.5 Å². The molecule has 1 atom stereocenters. The molecule has 2 aromatic carbocycles. The van der Waals surface area contributed by atoms with E-state index in [2.05, 4.69) is 24.3 Å². The van der Waals surface area contributed by atoms with Crippen LogP contribution in [0.25, 0.3) is 10.8 Å². The average Bonchev–Trinajstić information content (AvgIpc) is 2.36. The molecule has 1 unspecified atom stereocenters. The molecule has 0 saturated heterocycles. The normalized spacial score (nSPS) is 12.8. The minimum Gasteiger partial charge on any atom is -0.480 e. The van der Waals surface area contributed by atoms with Crippen molar-refractivity contribution in [2.75, 3.05) is 13.6 Å². The van der Waals surface area contributed by atoms with Gasteiger partial charge in [-0.3, -0.25) is 9.69 Å². The Labute approximate surface area is 107 Å². The average molecular weight is 243 g/mol. The molecule has 1 N–H and O–H groups in total. The Kier molecular flexibility index (Phi) is 3.63. The highest BCUT2D eigenvalue weighted by Crippen LogP contribution is 2.26. The van der Waals surface area contributed by atoms with Crippen molar-refractivity contribution in [1.29, 1.82) is 0 Å². The minimum atomic E-state index is -0.801. The lowest BCUT2D eigenvalue weighted by Crippen LogP contribution is -2.28. The molecule has 0 aromatic heterocycles. The molecular weight excluding hydrogens is 226 g/mol. The number of rotatable bonds is 4. The van der Waals surface area contributed by atoms with Crippen LogP contribution >= 0.6 is 0 Å². The summed E-state index contributed by atoms with van der Waals surface area (Å²) in [4.78, 5) is 12.6. The van der Waals surface area contributed by atoms with Crippen molar-refractivity contribution >= 4 is 16.7 Å². The van der Waals surface area contributed by atoms with Gasteiger partial charge in [-0.05, 0) is 30.3 Å². The monoisotopic (exact) mass is 243 g/mol. The summed E-state index contributed by atoms with van der Waals surface area (Å²) in [5, 5.41) is 11.2. The maximum atomic E-state index is 10.8. The Hall–Kier alpha value is -1.87. The summed E-state index contributed by atoms with van der Waals surface area (Å²) in [6, 6.07) is 14.4. The third-order valence-corrected chi connectivity index (χ3v) is 3.32. The highest BCUT2D eigenvalue weighted by atomic mass is 16.4. The van der Waals surface area contributed by atoms with E-state index in [1.807, 2.05) is 37.1 Å². The number of aliphatic carboxylic acids is 1. The third-order valence-electron chi connectivity index (χ3n) is 3.32. The van der Waals surface area contributed by atoms with Gasteiger partial charge in [0, 0.05) is 6.04 Å². The second-order valence-electron chi connectivity index (χ2n) is 4.55. The standard InChI is InChI=1S/C15H17NO2/c1-11(16(2)10-15(17)18)13-9-5-7-12-6-3-4-8-14(12)13/h3-9,11H,10H2,1-2H3,(H,17,18). The number of fused-ring (bicyclic) bond motifs is 1. The molecule has 94 valence electrons. The molecule has 3 nitrogen and oxygen atoms in total. The van der Waals surface area contributed by atoms with Gasteiger partial charge in [0.25, 0.3) is 0 Å². The van der Waals surface area contributed by atoms with E-state index < -0.39 is 5.97 Å². The highest BCUT2D eigenvalue weighted by Gasteiger charge is 2.16. The van der Waals surface area contributed by atoms with Gasteiger partial charge in [0.1, 0.15) is 0 Å². The number of hydrogen-bond acceptors (Lipinski definition) is 2. The van der Waals surface area contributed by atoms with Crippen LogP contribution in [0.4, 0.5) is 0 Å². The first-order valence-corrected chi connectivity index (χ1v) is 5.99. The van der Waals surface area contributed by atoms with Crippen LogP contribution in [-0.4, -0.2) is 29.6 Å². The molecular formula is C15H17NO2. The van der Waals surface area contributed by atoms with E-state index in [0.29, 0.717) is 0 Å².